The molecule has 32 heavy (non-hydrogen) atoms. The molecule has 0 amide bonds. The molecule has 12 heteroatoms. The van der Waals surface area contributed by atoms with Crippen molar-refractivity contribution < 1.29 is 67.2 Å². The quantitative estimate of drug-likeness (QED) is 0.152. The Morgan fingerprint density at radius 1 is 0.844 bits per heavy atom. The average molecular weight is 471 g/mol. The number of rotatable bonds is 3. The minimum absolute atomic E-state index is 0. The van der Waals surface area contributed by atoms with Crippen LogP contribution in [0.15, 0.2) is 34.7 Å². The van der Waals surface area contributed by atoms with Crippen LogP contribution >= 0.6 is 0 Å². The van der Waals surface area contributed by atoms with Crippen molar-refractivity contribution >= 4 is 11.0 Å². The fraction of sp³-hybridized carbons (Fsp3) is 0.250. The lowest BCUT2D eigenvalue weighted by Gasteiger charge is -2.34. The van der Waals surface area contributed by atoms with Gasteiger partial charge in [-0.1, -0.05) is 0 Å². The monoisotopic (exact) mass is 470 g/mol. The number of halogens is 1. The first-order chi connectivity index (χ1) is 14.7. The summed E-state index contributed by atoms with van der Waals surface area (Å²) in [7, 11) is 0. The second kappa shape index (κ2) is 8.73. The Labute approximate surface area is 186 Å². The molecule has 3 aromatic rings. The first-order valence-corrected chi connectivity index (χ1v) is 9.06. The van der Waals surface area contributed by atoms with E-state index in [0.717, 1.165) is 18.2 Å². The van der Waals surface area contributed by atoms with E-state index in [1.165, 1.54) is 12.1 Å². The molecule has 1 aliphatic heterocycles. The van der Waals surface area contributed by atoms with Crippen molar-refractivity contribution in [2.24, 2.45) is 0 Å². The number of phenolic OH excluding ortho intramolecular Hbond substituents is 5. The molecule has 1 aromatic heterocycles. The molecule has 2 heterocycles. The number of fused-ring (bicyclic) bond motifs is 1. The molecular weight excluding hydrogens is 452 g/mol. The lowest BCUT2D eigenvalue weighted by Crippen LogP contribution is -3.00. The second-order valence-corrected chi connectivity index (χ2v) is 7.05. The summed E-state index contributed by atoms with van der Waals surface area (Å²) < 4.78 is 16.6. The Bertz CT molecular complexity index is 1130. The van der Waals surface area contributed by atoms with Crippen molar-refractivity contribution in [1.82, 2.24) is 0 Å². The number of ether oxygens (including phenoxy) is 2. The molecule has 8 N–H and O–H groups in total. The third kappa shape index (κ3) is 4.11. The van der Waals surface area contributed by atoms with Crippen molar-refractivity contribution in [1.29, 1.82) is 0 Å². The zero-order valence-electron chi connectivity index (χ0n) is 16.1. The fourth-order valence-electron chi connectivity index (χ4n) is 3.22. The fourth-order valence-corrected chi connectivity index (χ4v) is 3.22. The highest BCUT2D eigenvalue weighted by Crippen LogP contribution is 2.44. The van der Waals surface area contributed by atoms with Gasteiger partial charge in [-0.05, 0) is 0 Å². The molecule has 0 aliphatic carbocycles. The summed E-state index contributed by atoms with van der Waals surface area (Å²) in [5.41, 5.74) is 0.0332. The van der Waals surface area contributed by atoms with Gasteiger partial charge in [0.15, 0.2) is 17.2 Å². The minimum atomic E-state index is -1.64. The molecule has 4 atom stereocenters. The van der Waals surface area contributed by atoms with Crippen LogP contribution in [0.5, 0.6) is 34.5 Å². The first-order valence-electron chi connectivity index (χ1n) is 9.06. The number of hydrogen-bond donors (Lipinski definition) is 8. The van der Waals surface area contributed by atoms with Gasteiger partial charge in [-0.25, -0.2) is 4.42 Å². The van der Waals surface area contributed by atoms with Gasteiger partial charge in [-0.3, -0.25) is 0 Å². The van der Waals surface area contributed by atoms with Crippen LogP contribution in [-0.4, -0.2) is 72.1 Å². The van der Waals surface area contributed by atoms with Crippen molar-refractivity contribution in [2.75, 3.05) is 6.61 Å². The van der Waals surface area contributed by atoms with Gasteiger partial charge in [0.1, 0.15) is 35.2 Å². The predicted octanol–water partition coefficient (Wildman–Crippen LogP) is -2.27. The summed E-state index contributed by atoms with van der Waals surface area (Å²) in [6.45, 7) is -0.330. The van der Waals surface area contributed by atoms with E-state index in [0.29, 0.717) is 0 Å². The van der Waals surface area contributed by atoms with Gasteiger partial charge in [0.25, 0.3) is 0 Å². The summed E-state index contributed by atoms with van der Waals surface area (Å²) in [5.74, 6) is -3.03. The molecule has 172 valence electrons. The third-order valence-electron chi connectivity index (χ3n) is 4.85. The molecule has 0 radical (unpaired) electrons. The number of benzene rings is 2. The van der Waals surface area contributed by atoms with Crippen LogP contribution in [-0.2, 0) is 4.74 Å². The lowest BCUT2D eigenvalue weighted by molar-refractivity contribution is -0.242. The Kier molecular flexibility index (Phi) is 6.39. The van der Waals surface area contributed by atoms with Crippen LogP contribution in [0.25, 0.3) is 22.3 Å². The van der Waals surface area contributed by atoms with Crippen molar-refractivity contribution in [3.63, 3.8) is 0 Å². The minimum Gasteiger partial charge on any atom is -1.00 e. The molecule has 4 unspecified atom stereocenters. The molecule has 0 saturated carbocycles. The predicted molar refractivity (Wildman–Crippen MR) is 103 cm³/mol. The molecule has 1 saturated heterocycles. The third-order valence-corrected chi connectivity index (χ3v) is 4.85. The molecule has 1 fully saturated rings. The number of aliphatic hydroxyl groups excluding tert-OH is 3. The second-order valence-electron chi connectivity index (χ2n) is 7.05. The van der Waals surface area contributed by atoms with Crippen LogP contribution in [0.4, 0.5) is 0 Å². The zero-order chi connectivity index (χ0) is 22.4. The number of phenols is 5. The number of aromatic hydroxyl groups is 5. The summed E-state index contributed by atoms with van der Waals surface area (Å²) >= 11 is 0. The molecule has 1 aliphatic rings. The van der Waals surface area contributed by atoms with Gasteiger partial charge in [0, 0.05) is 24.3 Å². The van der Waals surface area contributed by atoms with Crippen LogP contribution in [0.1, 0.15) is 0 Å². The van der Waals surface area contributed by atoms with E-state index in [4.69, 9.17) is 13.9 Å². The standard InChI is InChI=1S/C20H18O11.ClH/c21-8-3-10(22)9-5-15(31-20-18(28)17(27)13(25)6-29-20)19(30-14(9)4-8)7-1-11(23)16(26)12(24)2-7;/h1-5,13,17-18,20,25,27-28H,6H2,(H4-,21,22,23,24,26);1H. The van der Waals surface area contributed by atoms with Gasteiger partial charge in [-0.2, -0.15) is 0 Å². The van der Waals surface area contributed by atoms with E-state index >= 15 is 0 Å². The molecule has 0 spiro atoms. The van der Waals surface area contributed by atoms with Gasteiger partial charge in [-0.15, -0.1) is 0 Å². The van der Waals surface area contributed by atoms with Crippen LogP contribution in [0, 0.1) is 0 Å². The Morgan fingerprint density at radius 2 is 1.50 bits per heavy atom. The molecule has 0 bridgehead atoms. The lowest BCUT2D eigenvalue weighted by atomic mass is 10.1. The van der Waals surface area contributed by atoms with Crippen LogP contribution in [0.2, 0.25) is 0 Å². The molecule has 4 rings (SSSR count). The van der Waals surface area contributed by atoms with Crippen LogP contribution < -0.4 is 17.1 Å². The van der Waals surface area contributed by atoms with Crippen molar-refractivity contribution in [3.8, 4) is 45.8 Å². The highest BCUT2D eigenvalue weighted by atomic mass is 35.5. The number of hydrogen-bond acceptors (Lipinski definition) is 10. The largest absolute Gasteiger partial charge is 1.00 e. The average Bonchev–Trinajstić information content (AvgIpc) is 2.72. The van der Waals surface area contributed by atoms with Gasteiger partial charge in [0.05, 0.1) is 18.2 Å². The van der Waals surface area contributed by atoms with E-state index < -0.39 is 41.9 Å². The molecule has 11 nitrogen and oxygen atoms in total. The van der Waals surface area contributed by atoms with E-state index in [1.54, 1.807) is 0 Å². The maximum atomic E-state index is 10.2. The number of aliphatic hydroxyl groups is 3. The summed E-state index contributed by atoms with van der Waals surface area (Å²) in [4.78, 5) is 0. The normalized spacial score (nSPS) is 23.0. The Morgan fingerprint density at radius 3 is 2.16 bits per heavy atom. The zero-order valence-corrected chi connectivity index (χ0v) is 16.8. The first kappa shape index (κ1) is 23.4. The summed E-state index contributed by atoms with van der Waals surface area (Å²) in [6, 6.07) is 5.68. The molecular formula is C20H19ClO11. The van der Waals surface area contributed by atoms with E-state index in [1.807, 2.05) is 0 Å². The summed E-state index contributed by atoms with van der Waals surface area (Å²) in [6.07, 6.45) is -5.95. The maximum Gasteiger partial charge on any atom is 0.402 e. The SMILES string of the molecule is Oc1cc(O)c2cc(OC3OCC(O)C(O)C3O)c(-c3cc(O)c(O)c(O)c3)[o+]c2c1.[Cl-]. The van der Waals surface area contributed by atoms with Gasteiger partial charge >= 0.3 is 11.3 Å². The maximum absolute atomic E-state index is 10.2. The Balaban J connectivity index is 0.00000289. The smallest absolute Gasteiger partial charge is 0.402 e. The highest BCUT2D eigenvalue weighted by molar-refractivity contribution is 5.88. The van der Waals surface area contributed by atoms with E-state index in [2.05, 4.69) is 0 Å². The van der Waals surface area contributed by atoms with Gasteiger partial charge < -0.3 is 62.7 Å². The van der Waals surface area contributed by atoms with Crippen molar-refractivity contribution in [2.45, 2.75) is 24.6 Å². The van der Waals surface area contributed by atoms with E-state index in [9.17, 15) is 40.9 Å². The van der Waals surface area contributed by atoms with Crippen LogP contribution in [0.3, 0.4) is 0 Å². The molecule has 2 aromatic carbocycles. The highest BCUT2D eigenvalue weighted by Gasteiger charge is 2.40. The Hall–Kier alpha value is -3.22. The topological polar surface area (TPSA) is 192 Å². The van der Waals surface area contributed by atoms with E-state index in [-0.39, 0.29) is 58.6 Å². The summed E-state index contributed by atoms with van der Waals surface area (Å²) in [5, 5.41) is 79.0. The van der Waals surface area contributed by atoms with Gasteiger partial charge in [0.2, 0.25) is 12.0 Å². The van der Waals surface area contributed by atoms with Crippen molar-refractivity contribution in [3.05, 3.63) is 30.3 Å².